The van der Waals surface area contributed by atoms with Crippen molar-refractivity contribution in [3.8, 4) is 0 Å². The number of nitrogens with zero attached hydrogens (tertiary/aromatic N) is 1. The number of hydrogen-bond acceptors (Lipinski definition) is 5. The molecule has 2 rings (SSSR count). The first-order chi connectivity index (χ1) is 10.5. The Bertz CT molecular complexity index is 688. The maximum absolute atomic E-state index is 12.2. The van der Waals surface area contributed by atoms with Crippen molar-refractivity contribution < 1.29 is 14.8 Å². The molecule has 0 saturated heterocycles. The van der Waals surface area contributed by atoms with E-state index < -0.39 is 16.9 Å². The minimum absolute atomic E-state index is 0.0108. The summed E-state index contributed by atoms with van der Waals surface area (Å²) >= 11 is 0. The minimum atomic E-state index is -0.646. The highest BCUT2D eigenvalue weighted by Crippen LogP contribution is 2.22. The number of rotatable bonds is 5. The number of carbonyl (C=O) groups excluding carboxylic acids is 1. The standard InChI is InChI=1S/C15H15N3O4/c16-12-7-6-11(8-14(12)18(21)22)15(20)17-13(9-19)10-4-2-1-3-5-10/h1-8,13,19H,9,16H2,(H,17,20). The van der Waals surface area contributed by atoms with Crippen LogP contribution in [0.1, 0.15) is 22.0 Å². The lowest BCUT2D eigenvalue weighted by molar-refractivity contribution is -0.383. The van der Waals surface area contributed by atoms with E-state index in [1.807, 2.05) is 6.07 Å². The van der Waals surface area contributed by atoms with Gasteiger partial charge in [0.2, 0.25) is 0 Å². The van der Waals surface area contributed by atoms with Crippen molar-refractivity contribution in [1.82, 2.24) is 5.32 Å². The van der Waals surface area contributed by atoms with Crippen LogP contribution in [0.3, 0.4) is 0 Å². The Hall–Kier alpha value is -2.93. The number of anilines is 1. The second kappa shape index (κ2) is 6.68. The second-order valence-electron chi connectivity index (χ2n) is 4.65. The highest BCUT2D eigenvalue weighted by atomic mass is 16.6. The van der Waals surface area contributed by atoms with Gasteiger partial charge in [0.05, 0.1) is 17.6 Å². The van der Waals surface area contributed by atoms with Crippen molar-refractivity contribution in [3.63, 3.8) is 0 Å². The van der Waals surface area contributed by atoms with Gasteiger partial charge in [0.25, 0.3) is 11.6 Å². The molecule has 1 unspecified atom stereocenters. The fourth-order valence-electron chi connectivity index (χ4n) is 2.00. The van der Waals surface area contributed by atoms with Crippen molar-refractivity contribution in [2.24, 2.45) is 0 Å². The average Bonchev–Trinajstić information content (AvgIpc) is 2.53. The van der Waals surface area contributed by atoms with Gasteiger partial charge in [-0.2, -0.15) is 0 Å². The van der Waals surface area contributed by atoms with Gasteiger partial charge >= 0.3 is 0 Å². The molecule has 0 aliphatic carbocycles. The summed E-state index contributed by atoms with van der Waals surface area (Å²) in [6.07, 6.45) is 0. The van der Waals surface area contributed by atoms with Gasteiger partial charge in [0.15, 0.2) is 0 Å². The number of nitrogen functional groups attached to an aromatic ring is 1. The molecule has 0 aromatic heterocycles. The van der Waals surface area contributed by atoms with Crippen LogP contribution in [0, 0.1) is 10.1 Å². The summed E-state index contributed by atoms with van der Waals surface area (Å²) in [6, 6.07) is 12.2. The van der Waals surface area contributed by atoms with Gasteiger partial charge in [0.1, 0.15) is 5.69 Å². The van der Waals surface area contributed by atoms with Crippen molar-refractivity contribution in [2.45, 2.75) is 6.04 Å². The summed E-state index contributed by atoms with van der Waals surface area (Å²) in [5, 5.41) is 22.9. The molecule has 22 heavy (non-hydrogen) atoms. The molecule has 7 nitrogen and oxygen atoms in total. The van der Waals surface area contributed by atoms with Crippen LogP contribution in [-0.4, -0.2) is 22.5 Å². The first kappa shape index (κ1) is 15.5. The van der Waals surface area contributed by atoms with Crippen LogP contribution < -0.4 is 11.1 Å². The number of nitro groups is 1. The molecule has 0 saturated carbocycles. The van der Waals surface area contributed by atoms with Crippen LogP contribution in [-0.2, 0) is 0 Å². The Labute approximate surface area is 126 Å². The topological polar surface area (TPSA) is 118 Å². The predicted octanol–water partition coefficient (Wildman–Crippen LogP) is 1.64. The number of benzene rings is 2. The summed E-state index contributed by atoms with van der Waals surface area (Å²) in [5.74, 6) is -0.522. The highest BCUT2D eigenvalue weighted by molar-refractivity contribution is 5.95. The van der Waals surface area contributed by atoms with E-state index in [1.165, 1.54) is 12.1 Å². The van der Waals surface area contributed by atoms with Gasteiger partial charge in [-0.05, 0) is 17.7 Å². The number of aliphatic hydroxyl groups is 1. The van der Waals surface area contributed by atoms with Crippen molar-refractivity contribution >= 4 is 17.3 Å². The lowest BCUT2D eigenvalue weighted by Crippen LogP contribution is -2.30. The van der Waals surface area contributed by atoms with Crippen LogP contribution in [0.25, 0.3) is 0 Å². The van der Waals surface area contributed by atoms with E-state index in [0.717, 1.165) is 11.6 Å². The molecule has 0 radical (unpaired) electrons. The van der Waals surface area contributed by atoms with Crippen LogP contribution in [0.15, 0.2) is 48.5 Å². The molecule has 1 atom stereocenters. The molecule has 0 spiro atoms. The van der Waals surface area contributed by atoms with E-state index in [9.17, 15) is 20.0 Å². The number of nitro benzene ring substituents is 1. The quantitative estimate of drug-likeness (QED) is 0.440. The van der Waals surface area contributed by atoms with E-state index in [4.69, 9.17) is 5.73 Å². The Morgan fingerprint density at radius 2 is 1.95 bits per heavy atom. The predicted molar refractivity (Wildman–Crippen MR) is 81.2 cm³/mol. The molecule has 114 valence electrons. The first-order valence-corrected chi connectivity index (χ1v) is 6.53. The van der Waals surface area contributed by atoms with Gasteiger partial charge in [0, 0.05) is 11.6 Å². The van der Waals surface area contributed by atoms with Gasteiger partial charge in [-0.1, -0.05) is 30.3 Å². The van der Waals surface area contributed by atoms with Crippen LogP contribution in [0.4, 0.5) is 11.4 Å². The smallest absolute Gasteiger partial charge is 0.292 e. The SMILES string of the molecule is Nc1ccc(C(=O)NC(CO)c2ccccc2)cc1[N+](=O)[O-]. The van der Waals surface area contributed by atoms with E-state index >= 15 is 0 Å². The number of carbonyl (C=O) groups is 1. The summed E-state index contributed by atoms with van der Waals surface area (Å²) < 4.78 is 0. The van der Waals surface area contributed by atoms with Gasteiger partial charge in [-0.25, -0.2) is 0 Å². The number of hydrogen-bond donors (Lipinski definition) is 3. The summed E-state index contributed by atoms with van der Waals surface area (Å²) in [7, 11) is 0. The molecule has 0 bridgehead atoms. The molecule has 0 heterocycles. The van der Waals surface area contributed by atoms with Crippen LogP contribution in [0.2, 0.25) is 0 Å². The van der Waals surface area contributed by atoms with E-state index in [0.29, 0.717) is 0 Å². The molecule has 7 heteroatoms. The molecule has 0 fully saturated rings. The largest absolute Gasteiger partial charge is 0.394 e. The number of aliphatic hydroxyl groups excluding tert-OH is 1. The zero-order chi connectivity index (χ0) is 16.1. The van der Waals surface area contributed by atoms with E-state index in [-0.39, 0.29) is 23.5 Å². The molecule has 1 amide bonds. The zero-order valence-electron chi connectivity index (χ0n) is 11.6. The summed E-state index contributed by atoms with van der Waals surface area (Å²) in [4.78, 5) is 22.4. The normalized spacial score (nSPS) is 11.7. The lowest BCUT2D eigenvalue weighted by Gasteiger charge is -2.16. The third kappa shape index (κ3) is 3.39. The van der Waals surface area contributed by atoms with Crippen LogP contribution >= 0.6 is 0 Å². The van der Waals surface area contributed by atoms with Crippen molar-refractivity contribution in [1.29, 1.82) is 0 Å². The monoisotopic (exact) mass is 301 g/mol. The zero-order valence-corrected chi connectivity index (χ0v) is 11.6. The Kier molecular flexibility index (Phi) is 4.70. The third-order valence-corrected chi connectivity index (χ3v) is 3.18. The Morgan fingerprint density at radius 3 is 2.55 bits per heavy atom. The molecule has 0 aliphatic rings. The molecular formula is C15H15N3O4. The number of nitrogens with two attached hydrogens (primary N) is 1. The van der Waals surface area contributed by atoms with Gasteiger partial charge in [-0.15, -0.1) is 0 Å². The number of amides is 1. The maximum Gasteiger partial charge on any atom is 0.292 e. The Balaban J connectivity index is 2.21. The van der Waals surface area contributed by atoms with E-state index in [1.54, 1.807) is 24.3 Å². The third-order valence-electron chi connectivity index (χ3n) is 3.18. The van der Waals surface area contributed by atoms with Crippen LogP contribution in [0.5, 0.6) is 0 Å². The molecule has 0 aliphatic heterocycles. The van der Waals surface area contributed by atoms with Gasteiger partial charge in [-0.3, -0.25) is 14.9 Å². The Morgan fingerprint density at radius 1 is 1.27 bits per heavy atom. The van der Waals surface area contributed by atoms with E-state index in [2.05, 4.69) is 5.32 Å². The fraction of sp³-hybridized carbons (Fsp3) is 0.133. The van der Waals surface area contributed by atoms with Crippen molar-refractivity contribution in [2.75, 3.05) is 12.3 Å². The number of nitrogens with one attached hydrogen (secondary N) is 1. The molecular weight excluding hydrogens is 286 g/mol. The fourth-order valence-corrected chi connectivity index (χ4v) is 2.00. The maximum atomic E-state index is 12.2. The second-order valence-corrected chi connectivity index (χ2v) is 4.65. The van der Waals surface area contributed by atoms with Gasteiger partial charge < -0.3 is 16.2 Å². The summed E-state index contributed by atoms with van der Waals surface area (Å²) in [5.41, 5.74) is 6.00. The summed E-state index contributed by atoms with van der Waals surface area (Å²) in [6.45, 7) is -0.285. The molecule has 2 aromatic rings. The minimum Gasteiger partial charge on any atom is -0.394 e. The molecule has 4 N–H and O–H groups in total. The molecule has 2 aromatic carbocycles. The highest BCUT2D eigenvalue weighted by Gasteiger charge is 2.18. The average molecular weight is 301 g/mol. The lowest BCUT2D eigenvalue weighted by atomic mass is 10.1. The first-order valence-electron chi connectivity index (χ1n) is 6.53. The van der Waals surface area contributed by atoms with Crippen molar-refractivity contribution in [3.05, 3.63) is 69.8 Å².